The summed E-state index contributed by atoms with van der Waals surface area (Å²) in [5.74, 6) is 0. The quantitative estimate of drug-likeness (QED) is 0.851. The first-order chi connectivity index (χ1) is 7.79. The lowest BCUT2D eigenvalue weighted by Crippen LogP contribution is -2.14. The Morgan fingerprint density at radius 3 is 2.47 bits per heavy atom. The topological polar surface area (TPSA) is 26.0 Å². The molecule has 0 heterocycles. The lowest BCUT2D eigenvalue weighted by Gasteiger charge is -2.16. The highest BCUT2D eigenvalue weighted by Gasteiger charge is 2.26. The summed E-state index contributed by atoms with van der Waals surface area (Å²) in [6, 6.07) is 5.57. The van der Waals surface area contributed by atoms with Gasteiger partial charge in [-0.1, -0.05) is 23.8 Å². The van der Waals surface area contributed by atoms with Crippen molar-refractivity contribution in [1.29, 1.82) is 0 Å². The normalized spacial score (nSPS) is 13.8. The summed E-state index contributed by atoms with van der Waals surface area (Å²) >= 11 is 0. The molecule has 0 aliphatic rings. The Labute approximate surface area is 99.8 Å². The van der Waals surface area contributed by atoms with E-state index in [0.29, 0.717) is 6.42 Å². The Balaban J connectivity index is 2.58. The molecule has 0 amide bonds. The first kappa shape index (κ1) is 14.0. The molecule has 0 bridgehead atoms. The summed E-state index contributed by atoms with van der Waals surface area (Å²) in [5.41, 5.74) is 9.00. The molecule has 2 N–H and O–H groups in total. The van der Waals surface area contributed by atoms with Crippen molar-refractivity contribution in [2.45, 2.75) is 45.3 Å². The zero-order valence-electron chi connectivity index (χ0n) is 10.1. The van der Waals surface area contributed by atoms with Crippen molar-refractivity contribution >= 4 is 0 Å². The second kappa shape index (κ2) is 5.54. The summed E-state index contributed by atoms with van der Waals surface area (Å²) in [6.07, 6.45) is -4.39. The number of rotatable bonds is 4. The first-order valence-corrected chi connectivity index (χ1v) is 5.69. The monoisotopic (exact) mass is 245 g/mol. The van der Waals surface area contributed by atoms with E-state index in [1.54, 1.807) is 0 Å². The molecule has 0 radical (unpaired) electrons. The van der Waals surface area contributed by atoms with E-state index in [1.165, 1.54) is 0 Å². The van der Waals surface area contributed by atoms with Crippen molar-refractivity contribution in [2.24, 2.45) is 5.73 Å². The van der Waals surface area contributed by atoms with Crippen LogP contribution in [0.15, 0.2) is 18.2 Å². The molecule has 0 saturated heterocycles. The maximum Gasteiger partial charge on any atom is 0.389 e. The number of hydrogen-bond donors (Lipinski definition) is 1. The van der Waals surface area contributed by atoms with Crippen molar-refractivity contribution in [2.75, 3.05) is 0 Å². The number of halogens is 3. The van der Waals surface area contributed by atoms with E-state index in [9.17, 15) is 13.2 Å². The lowest BCUT2D eigenvalue weighted by atomic mass is 9.96. The smallest absolute Gasteiger partial charge is 0.324 e. The molecule has 96 valence electrons. The van der Waals surface area contributed by atoms with Crippen molar-refractivity contribution in [1.82, 2.24) is 0 Å². The molecule has 1 rings (SSSR count). The van der Waals surface area contributed by atoms with E-state index < -0.39 is 12.6 Å². The molecule has 1 atom stereocenters. The van der Waals surface area contributed by atoms with Crippen LogP contribution in [0.1, 0.15) is 42.0 Å². The standard InChI is InChI=1S/C13H18F3N/c1-9-5-6-10(2)11(8-9)12(17)4-3-7-13(14,15)16/h5-6,8,12H,3-4,7,17H2,1-2H3. The Kier molecular flexibility index (Phi) is 4.57. The van der Waals surface area contributed by atoms with Gasteiger partial charge in [-0.15, -0.1) is 0 Å². The van der Waals surface area contributed by atoms with Crippen LogP contribution in [0.5, 0.6) is 0 Å². The molecule has 1 aromatic carbocycles. The minimum atomic E-state index is -4.08. The molecule has 0 aliphatic carbocycles. The van der Waals surface area contributed by atoms with Gasteiger partial charge in [0.2, 0.25) is 0 Å². The van der Waals surface area contributed by atoms with Gasteiger partial charge in [0.25, 0.3) is 0 Å². The molecule has 1 nitrogen and oxygen atoms in total. The molecular weight excluding hydrogens is 227 g/mol. The van der Waals surface area contributed by atoms with Gasteiger partial charge in [0.05, 0.1) is 0 Å². The van der Waals surface area contributed by atoms with E-state index in [-0.39, 0.29) is 12.5 Å². The van der Waals surface area contributed by atoms with E-state index in [0.717, 1.165) is 16.7 Å². The van der Waals surface area contributed by atoms with Crippen LogP contribution in [0.2, 0.25) is 0 Å². The number of benzene rings is 1. The van der Waals surface area contributed by atoms with Crippen molar-refractivity contribution in [3.05, 3.63) is 34.9 Å². The molecule has 1 aromatic rings. The molecule has 0 fully saturated rings. The van der Waals surface area contributed by atoms with E-state index in [4.69, 9.17) is 5.73 Å². The van der Waals surface area contributed by atoms with Crippen LogP contribution in [0.3, 0.4) is 0 Å². The Morgan fingerprint density at radius 2 is 1.88 bits per heavy atom. The average Bonchev–Trinajstić information content (AvgIpc) is 2.19. The average molecular weight is 245 g/mol. The van der Waals surface area contributed by atoms with Gasteiger partial charge in [-0.05, 0) is 37.8 Å². The minimum Gasteiger partial charge on any atom is -0.324 e. The predicted octanol–water partition coefficient (Wildman–Crippen LogP) is 4.04. The number of nitrogens with two attached hydrogens (primary N) is 1. The Morgan fingerprint density at radius 1 is 1.24 bits per heavy atom. The maximum absolute atomic E-state index is 12.0. The first-order valence-electron chi connectivity index (χ1n) is 5.69. The molecule has 0 aromatic heterocycles. The summed E-state index contributed by atoms with van der Waals surface area (Å²) < 4.78 is 36.0. The molecular formula is C13H18F3N. The van der Waals surface area contributed by atoms with Gasteiger partial charge in [0.1, 0.15) is 0 Å². The summed E-state index contributed by atoms with van der Waals surface area (Å²) in [6.45, 7) is 3.88. The summed E-state index contributed by atoms with van der Waals surface area (Å²) in [5, 5.41) is 0. The van der Waals surface area contributed by atoms with Crippen LogP contribution < -0.4 is 5.73 Å². The van der Waals surface area contributed by atoms with Crippen LogP contribution in [0.4, 0.5) is 13.2 Å². The van der Waals surface area contributed by atoms with Crippen LogP contribution >= 0.6 is 0 Å². The van der Waals surface area contributed by atoms with Crippen molar-refractivity contribution in [3.8, 4) is 0 Å². The second-order valence-electron chi connectivity index (χ2n) is 4.47. The fourth-order valence-corrected chi connectivity index (χ4v) is 1.84. The molecule has 4 heteroatoms. The zero-order valence-corrected chi connectivity index (χ0v) is 10.1. The van der Waals surface area contributed by atoms with Crippen LogP contribution in [-0.2, 0) is 0 Å². The van der Waals surface area contributed by atoms with E-state index in [1.807, 2.05) is 32.0 Å². The minimum absolute atomic E-state index is 0.0814. The maximum atomic E-state index is 12.0. The lowest BCUT2D eigenvalue weighted by molar-refractivity contribution is -0.135. The van der Waals surface area contributed by atoms with Crippen LogP contribution in [0, 0.1) is 13.8 Å². The highest BCUT2D eigenvalue weighted by molar-refractivity contribution is 5.32. The third-order valence-corrected chi connectivity index (χ3v) is 2.81. The van der Waals surface area contributed by atoms with Gasteiger partial charge in [0.15, 0.2) is 0 Å². The van der Waals surface area contributed by atoms with Crippen molar-refractivity contribution in [3.63, 3.8) is 0 Å². The van der Waals surface area contributed by atoms with Gasteiger partial charge in [0, 0.05) is 12.5 Å². The van der Waals surface area contributed by atoms with Crippen molar-refractivity contribution < 1.29 is 13.2 Å². The molecule has 17 heavy (non-hydrogen) atoms. The fraction of sp³-hybridized carbons (Fsp3) is 0.538. The van der Waals surface area contributed by atoms with E-state index in [2.05, 4.69) is 0 Å². The van der Waals surface area contributed by atoms with Gasteiger partial charge >= 0.3 is 6.18 Å². The highest BCUT2D eigenvalue weighted by atomic mass is 19.4. The molecule has 0 spiro atoms. The third kappa shape index (κ3) is 4.77. The van der Waals surface area contributed by atoms with Gasteiger partial charge in [-0.3, -0.25) is 0 Å². The van der Waals surface area contributed by atoms with Gasteiger partial charge in [-0.25, -0.2) is 0 Å². The van der Waals surface area contributed by atoms with Crippen LogP contribution in [0.25, 0.3) is 0 Å². The van der Waals surface area contributed by atoms with E-state index >= 15 is 0 Å². The number of alkyl halides is 3. The number of hydrogen-bond acceptors (Lipinski definition) is 1. The fourth-order valence-electron chi connectivity index (χ4n) is 1.84. The molecule has 1 unspecified atom stereocenters. The summed E-state index contributed by atoms with van der Waals surface area (Å²) in [4.78, 5) is 0. The SMILES string of the molecule is Cc1ccc(C)c(C(N)CCCC(F)(F)F)c1. The highest BCUT2D eigenvalue weighted by Crippen LogP contribution is 2.26. The second-order valence-corrected chi connectivity index (χ2v) is 4.47. The third-order valence-electron chi connectivity index (χ3n) is 2.81. The Hall–Kier alpha value is -1.03. The zero-order chi connectivity index (χ0) is 13.1. The predicted molar refractivity (Wildman–Crippen MR) is 62.8 cm³/mol. The Bertz CT molecular complexity index is 371. The largest absolute Gasteiger partial charge is 0.389 e. The van der Waals surface area contributed by atoms with Gasteiger partial charge < -0.3 is 5.73 Å². The summed E-state index contributed by atoms with van der Waals surface area (Å²) in [7, 11) is 0. The van der Waals surface area contributed by atoms with Gasteiger partial charge in [-0.2, -0.15) is 13.2 Å². The number of aryl methyl sites for hydroxylation is 2. The molecule has 0 aliphatic heterocycles. The molecule has 0 saturated carbocycles. The van der Waals surface area contributed by atoms with Crippen LogP contribution in [-0.4, -0.2) is 6.18 Å².